The zero-order valence-electron chi connectivity index (χ0n) is 12.2. The van der Waals surface area contributed by atoms with Gasteiger partial charge < -0.3 is 15.0 Å². The largest absolute Gasteiger partial charge is 0.487 e. The van der Waals surface area contributed by atoms with Gasteiger partial charge in [0.2, 0.25) is 5.91 Å². The molecule has 0 aromatic heterocycles. The van der Waals surface area contributed by atoms with E-state index in [1.54, 1.807) is 0 Å². The Labute approximate surface area is 120 Å². The summed E-state index contributed by atoms with van der Waals surface area (Å²) in [7, 11) is 0. The van der Waals surface area contributed by atoms with Gasteiger partial charge in [-0.05, 0) is 56.8 Å². The average Bonchev–Trinajstić information content (AvgIpc) is 3.21. The fourth-order valence-electron chi connectivity index (χ4n) is 2.58. The zero-order valence-corrected chi connectivity index (χ0v) is 12.2. The molecule has 1 aliphatic heterocycles. The number of amides is 1. The Morgan fingerprint density at radius 2 is 2.25 bits per heavy atom. The van der Waals surface area contributed by atoms with Crippen molar-refractivity contribution in [1.82, 2.24) is 5.32 Å². The quantitative estimate of drug-likeness (QED) is 0.914. The fourth-order valence-corrected chi connectivity index (χ4v) is 2.58. The molecule has 0 bridgehead atoms. The first-order chi connectivity index (χ1) is 9.63. The first kappa shape index (κ1) is 13.4. The number of ether oxygens (including phenoxy) is 1. The van der Waals surface area contributed by atoms with Gasteiger partial charge in [-0.25, -0.2) is 0 Å². The van der Waals surface area contributed by atoms with Crippen molar-refractivity contribution in [1.29, 1.82) is 0 Å². The van der Waals surface area contributed by atoms with Crippen molar-refractivity contribution in [3.8, 4) is 5.75 Å². The van der Waals surface area contributed by atoms with Crippen LogP contribution in [0, 0.1) is 12.8 Å². The molecule has 108 valence electrons. The van der Waals surface area contributed by atoms with Gasteiger partial charge in [-0.15, -0.1) is 0 Å². The van der Waals surface area contributed by atoms with Crippen LogP contribution in [-0.4, -0.2) is 31.6 Å². The molecular weight excluding hydrogens is 252 g/mol. The minimum absolute atomic E-state index is 0.0386. The number of nitrogens with one attached hydrogen (secondary N) is 1. The highest BCUT2D eigenvalue weighted by Gasteiger charge is 2.28. The maximum atomic E-state index is 12.4. The molecule has 1 aromatic rings. The smallest absolute Gasteiger partial charge is 0.241 e. The van der Waals surface area contributed by atoms with Crippen molar-refractivity contribution in [2.24, 2.45) is 5.92 Å². The Bertz CT molecular complexity index is 511. The summed E-state index contributed by atoms with van der Waals surface area (Å²) < 4.78 is 5.83. The molecule has 1 saturated carbocycles. The number of anilines is 1. The van der Waals surface area contributed by atoms with E-state index in [4.69, 9.17) is 4.74 Å². The van der Waals surface area contributed by atoms with Gasteiger partial charge in [0.1, 0.15) is 11.9 Å². The maximum absolute atomic E-state index is 12.4. The topological polar surface area (TPSA) is 41.6 Å². The van der Waals surface area contributed by atoms with Crippen LogP contribution in [0.1, 0.15) is 25.3 Å². The third-order valence-corrected chi connectivity index (χ3v) is 3.88. The number of hydrogen-bond acceptors (Lipinski definition) is 3. The minimum atomic E-state index is 0.0386. The third kappa shape index (κ3) is 2.96. The molecule has 0 radical (unpaired) electrons. The van der Waals surface area contributed by atoms with Crippen LogP contribution < -0.4 is 15.0 Å². The predicted octanol–water partition coefficient (Wildman–Crippen LogP) is 2.11. The van der Waals surface area contributed by atoms with Gasteiger partial charge in [-0.3, -0.25) is 4.79 Å². The van der Waals surface area contributed by atoms with Gasteiger partial charge in [0.05, 0.1) is 18.8 Å². The van der Waals surface area contributed by atoms with E-state index in [1.807, 2.05) is 36.9 Å². The highest BCUT2D eigenvalue weighted by atomic mass is 16.5. The molecule has 1 heterocycles. The Morgan fingerprint density at radius 3 is 3.00 bits per heavy atom. The number of benzene rings is 1. The van der Waals surface area contributed by atoms with E-state index < -0.39 is 0 Å². The number of aryl methyl sites for hydroxylation is 1. The Morgan fingerprint density at radius 1 is 1.45 bits per heavy atom. The van der Waals surface area contributed by atoms with Gasteiger partial charge in [-0.2, -0.15) is 0 Å². The van der Waals surface area contributed by atoms with Crippen molar-refractivity contribution in [3.63, 3.8) is 0 Å². The number of rotatable bonds is 4. The fraction of sp³-hybridized carbons (Fsp3) is 0.562. The van der Waals surface area contributed by atoms with Crippen LogP contribution >= 0.6 is 0 Å². The normalized spacial score (nSPS) is 21.3. The molecule has 1 amide bonds. The van der Waals surface area contributed by atoms with Crippen molar-refractivity contribution in [2.45, 2.75) is 32.8 Å². The van der Waals surface area contributed by atoms with Gasteiger partial charge >= 0.3 is 0 Å². The van der Waals surface area contributed by atoms with Gasteiger partial charge in [0.25, 0.3) is 0 Å². The molecule has 2 aliphatic rings. The molecule has 1 aromatic carbocycles. The second-order valence-electron chi connectivity index (χ2n) is 5.98. The summed E-state index contributed by atoms with van der Waals surface area (Å²) in [5.41, 5.74) is 2.05. The highest BCUT2D eigenvalue weighted by molar-refractivity contribution is 5.96. The lowest BCUT2D eigenvalue weighted by molar-refractivity contribution is -0.118. The Hall–Kier alpha value is -1.55. The Kier molecular flexibility index (Phi) is 3.66. The van der Waals surface area contributed by atoms with E-state index in [0.29, 0.717) is 13.1 Å². The van der Waals surface area contributed by atoms with Gasteiger partial charge in [-0.1, -0.05) is 6.07 Å². The molecule has 3 rings (SSSR count). The molecule has 20 heavy (non-hydrogen) atoms. The van der Waals surface area contributed by atoms with Crippen LogP contribution in [0.3, 0.4) is 0 Å². The van der Waals surface area contributed by atoms with Crippen LogP contribution in [-0.2, 0) is 4.79 Å². The molecule has 1 N–H and O–H groups in total. The maximum Gasteiger partial charge on any atom is 0.241 e. The molecule has 1 fully saturated rings. The van der Waals surface area contributed by atoms with Crippen molar-refractivity contribution in [3.05, 3.63) is 23.8 Å². The predicted molar refractivity (Wildman–Crippen MR) is 79.2 cm³/mol. The summed E-state index contributed by atoms with van der Waals surface area (Å²) in [5, 5.41) is 3.27. The van der Waals surface area contributed by atoms with Crippen LogP contribution in [0.5, 0.6) is 5.75 Å². The summed E-state index contributed by atoms with van der Waals surface area (Å²) >= 11 is 0. The van der Waals surface area contributed by atoms with Crippen molar-refractivity contribution in [2.75, 3.05) is 24.5 Å². The Balaban J connectivity index is 1.70. The molecule has 4 nitrogen and oxygen atoms in total. The lowest BCUT2D eigenvalue weighted by atomic mass is 10.1. The minimum Gasteiger partial charge on any atom is -0.487 e. The van der Waals surface area contributed by atoms with E-state index in [0.717, 1.165) is 29.5 Å². The van der Waals surface area contributed by atoms with Gasteiger partial charge in [0.15, 0.2) is 0 Å². The van der Waals surface area contributed by atoms with Crippen LogP contribution in [0.25, 0.3) is 0 Å². The summed E-state index contributed by atoms with van der Waals surface area (Å²) in [4.78, 5) is 14.3. The number of nitrogens with zero attached hydrogens (tertiary/aromatic N) is 1. The third-order valence-electron chi connectivity index (χ3n) is 3.88. The van der Waals surface area contributed by atoms with E-state index in [9.17, 15) is 4.79 Å². The lowest BCUT2D eigenvalue weighted by Gasteiger charge is -2.33. The molecular formula is C16H22N2O2. The summed E-state index contributed by atoms with van der Waals surface area (Å²) in [6.07, 6.45) is 2.65. The van der Waals surface area contributed by atoms with Crippen LogP contribution in [0.2, 0.25) is 0 Å². The molecule has 4 heteroatoms. The molecule has 1 atom stereocenters. The number of carbonyl (C=O) groups excluding carboxylic acids is 1. The average molecular weight is 274 g/mol. The van der Waals surface area contributed by atoms with Gasteiger partial charge in [0, 0.05) is 0 Å². The molecule has 1 aliphatic carbocycles. The monoisotopic (exact) mass is 274 g/mol. The summed E-state index contributed by atoms with van der Waals surface area (Å²) in [6.45, 7) is 6.04. The first-order valence-corrected chi connectivity index (χ1v) is 7.42. The van der Waals surface area contributed by atoms with E-state index in [2.05, 4.69) is 5.32 Å². The standard InChI is InChI=1S/C16H22N2O2/c1-11-3-6-14-15(7-11)20-12(2)10-18(14)16(19)9-17-8-13-4-5-13/h3,6-7,12-13,17H,4-5,8-10H2,1-2H3. The van der Waals surface area contributed by atoms with Crippen molar-refractivity contribution >= 4 is 11.6 Å². The van der Waals surface area contributed by atoms with E-state index in [-0.39, 0.29) is 12.0 Å². The van der Waals surface area contributed by atoms with Crippen molar-refractivity contribution < 1.29 is 9.53 Å². The van der Waals surface area contributed by atoms with Crippen LogP contribution in [0.4, 0.5) is 5.69 Å². The zero-order chi connectivity index (χ0) is 14.1. The molecule has 0 spiro atoms. The van der Waals surface area contributed by atoms with E-state index in [1.165, 1.54) is 12.8 Å². The lowest BCUT2D eigenvalue weighted by Crippen LogP contribution is -2.46. The first-order valence-electron chi connectivity index (χ1n) is 7.42. The second-order valence-corrected chi connectivity index (χ2v) is 5.98. The molecule has 1 unspecified atom stereocenters. The summed E-state index contributed by atoms with van der Waals surface area (Å²) in [6, 6.07) is 6.01. The summed E-state index contributed by atoms with van der Waals surface area (Å²) in [5.74, 6) is 1.74. The SMILES string of the molecule is Cc1ccc2c(c1)OC(C)CN2C(=O)CNCC1CC1. The molecule has 0 saturated heterocycles. The highest BCUT2D eigenvalue weighted by Crippen LogP contribution is 2.34. The number of hydrogen-bond donors (Lipinski definition) is 1. The number of carbonyl (C=O) groups is 1. The van der Waals surface area contributed by atoms with E-state index >= 15 is 0 Å². The second kappa shape index (κ2) is 5.44. The van der Waals surface area contributed by atoms with Crippen LogP contribution in [0.15, 0.2) is 18.2 Å². The number of fused-ring (bicyclic) bond motifs is 1.